The molecule has 2 nitrogen and oxygen atoms in total. The van der Waals surface area contributed by atoms with Gasteiger partial charge in [0.1, 0.15) is 5.82 Å². The molecule has 0 aliphatic rings. The first kappa shape index (κ1) is 8.01. The van der Waals surface area contributed by atoms with E-state index in [2.05, 4.69) is 0 Å². The first-order valence-electron chi connectivity index (χ1n) is 3.34. The highest BCUT2D eigenvalue weighted by Gasteiger charge is 2.03. The maximum Gasteiger partial charge on any atom is 0.146 e. The molecule has 0 spiro atoms. The minimum atomic E-state index is -0.648. The van der Waals surface area contributed by atoms with E-state index in [1.165, 1.54) is 12.1 Å². The lowest BCUT2D eigenvalue weighted by Gasteiger charge is -2.04. The first-order valence-corrected chi connectivity index (χ1v) is 3.34. The summed E-state index contributed by atoms with van der Waals surface area (Å²) in [5, 5.41) is 9.03. The lowest BCUT2D eigenvalue weighted by molar-refractivity contribution is 0.199. The lowest BCUT2D eigenvalue weighted by Crippen LogP contribution is -1.95. The van der Waals surface area contributed by atoms with E-state index >= 15 is 0 Å². The summed E-state index contributed by atoms with van der Waals surface area (Å²) in [6, 6.07) is 4.28. The maximum atomic E-state index is 12.7. The molecular weight excluding hydrogens is 145 g/mol. The number of hydrogen-bond donors (Lipinski definition) is 2. The van der Waals surface area contributed by atoms with E-state index in [1.807, 2.05) is 0 Å². The topological polar surface area (TPSA) is 46.2 Å². The Morgan fingerprint density at radius 2 is 2.18 bits per heavy atom. The standard InChI is InChI=1S/C8H10FNO/c1-5(11)6-2-3-8(10)7(9)4-6/h2-5,11H,10H2,1H3/t5-/m1/s1. The van der Waals surface area contributed by atoms with Gasteiger partial charge in [-0.1, -0.05) is 6.07 Å². The molecule has 1 aromatic carbocycles. The molecule has 0 amide bonds. The zero-order valence-electron chi connectivity index (χ0n) is 6.21. The van der Waals surface area contributed by atoms with Crippen LogP contribution in [0.2, 0.25) is 0 Å². The van der Waals surface area contributed by atoms with Crippen molar-refractivity contribution in [3.63, 3.8) is 0 Å². The maximum absolute atomic E-state index is 12.7. The third kappa shape index (κ3) is 1.68. The smallest absolute Gasteiger partial charge is 0.146 e. The van der Waals surface area contributed by atoms with Crippen molar-refractivity contribution in [2.24, 2.45) is 0 Å². The Labute approximate surface area is 64.5 Å². The number of benzene rings is 1. The molecular formula is C8H10FNO. The van der Waals surface area contributed by atoms with Crippen LogP contribution < -0.4 is 5.73 Å². The molecule has 0 aliphatic heterocycles. The van der Waals surface area contributed by atoms with E-state index in [4.69, 9.17) is 10.8 Å². The zero-order chi connectivity index (χ0) is 8.43. The van der Waals surface area contributed by atoms with Gasteiger partial charge < -0.3 is 10.8 Å². The van der Waals surface area contributed by atoms with E-state index in [0.29, 0.717) is 5.56 Å². The molecule has 0 saturated carbocycles. The van der Waals surface area contributed by atoms with Gasteiger partial charge in [-0.3, -0.25) is 0 Å². The highest BCUT2D eigenvalue weighted by Crippen LogP contribution is 2.17. The third-order valence-electron chi connectivity index (χ3n) is 1.51. The first-order chi connectivity index (χ1) is 5.11. The average molecular weight is 155 g/mol. The van der Waals surface area contributed by atoms with Crippen molar-refractivity contribution in [3.8, 4) is 0 Å². The van der Waals surface area contributed by atoms with Crippen molar-refractivity contribution in [2.45, 2.75) is 13.0 Å². The molecule has 60 valence electrons. The molecule has 1 rings (SSSR count). The number of anilines is 1. The van der Waals surface area contributed by atoms with Gasteiger partial charge in [0, 0.05) is 0 Å². The molecule has 0 aliphatic carbocycles. The Morgan fingerprint density at radius 3 is 2.64 bits per heavy atom. The van der Waals surface area contributed by atoms with Crippen LogP contribution in [0.25, 0.3) is 0 Å². The zero-order valence-corrected chi connectivity index (χ0v) is 6.21. The lowest BCUT2D eigenvalue weighted by atomic mass is 10.1. The van der Waals surface area contributed by atoms with Gasteiger partial charge in [0.05, 0.1) is 11.8 Å². The van der Waals surface area contributed by atoms with Crippen LogP contribution in [-0.2, 0) is 0 Å². The molecule has 0 aromatic heterocycles. The predicted molar refractivity (Wildman–Crippen MR) is 41.4 cm³/mol. The Bertz CT molecular complexity index is 260. The number of hydrogen-bond acceptors (Lipinski definition) is 2. The molecule has 0 heterocycles. The fourth-order valence-corrected chi connectivity index (χ4v) is 0.803. The fourth-order valence-electron chi connectivity index (χ4n) is 0.803. The second-order valence-corrected chi connectivity index (χ2v) is 2.46. The van der Waals surface area contributed by atoms with Crippen LogP contribution in [0.1, 0.15) is 18.6 Å². The summed E-state index contributed by atoms with van der Waals surface area (Å²) in [6.07, 6.45) is -0.648. The summed E-state index contributed by atoms with van der Waals surface area (Å²) >= 11 is 0. The number of nitrogens with two attached hydrogens (primary N) is 1. The van der Waals surface area contributed by atoms with E-state index < -0.39 is 11.9 Å². The van der Waals surface area contributed by atoms with Gasteiger partial charge in [-0.25, -0.2) is 4.39 Å². The predicted octanol–water partition coefficient (Wildman–Crippen LogP) is 1.46. The third-order valence-corrected chi connectivity index (χ3v) is 1.51. The van der Waals surface area contributed by atoms with Crippen LogP contribution in [0.5, 0.6) is 0 Å². The van der Waals surface area contributed by atoms with Crippen molar-refractivity contribution in [1.29, 1.82) is 0 Å². The molecule has 3 N–H and O–H groups in total. The van der Waals surface area contributed by atoms with Crippen LogP contribution in [0, 0.1) is 5.82 Å². The minimum absolute atomic E-state index is 0.106. The largest absolute Gasteiger partial charge is 0.396 e. The van der Waals surface area contributed by atoms with Crippen molar-refractivity contribution in [3.05, 3.63) is 29.6 Å². The van der Waals surface area contributed by atoms with Crippen molar-refractivity contribution in [2.75, 3.05) is 5.73 Å². The van der Waals surface area contributed by atoms with E-state index in [-0.39, 0.29) is 5.69 Å². The number of nitrogen functional groups attached to an aromatic ring is 1. The quantitative estimate of drug-likeness (QED) is 0.603. The summed E-state index contributed by atoms with van der Waals surface area (Å²) in [6.45, 7) is 1.57. The summed E-state index contributed by atoms with van der Waals surface area (Å²) in [5.74, 6) is -0.483. The Balaban J connectivity index is 3.05. The van der Waals surface area contributed by atoms with Crippen LogP contribution in [0.3, 0.4) is 0 Å². The summed E-state index contributed by atoms with van der Waals surface area (Å²) in [7, 11) is 0. The molecule has 0 unspecified atom stereocenters. The SMILES string of the molecule is C[C@@H](O)c1ccc(N)c(F)c1. The van der Waals surface area contributed by atoms with Crippen molar-refractivity contribution >= 4 is 5.69 Å². The summed E-state index contributed by atoms with van der Waals surface area (Å²) < 4.78 is 12.7. The van der Waals surface area contributed by atoms with Gasteiger partial charge in [0.25, 0.3) is 0 Å². The Kier molecular flexibility index (Phi) is 2.10. The van der Waals surface area contributed by atoms with Crippen molar-refractivity contribution in [1.82, 2.24) is 0 Å². The molecule has 11 heavy (non-hydrogen) atoms. The average Bonchev–Trinajstić information content (AvgIpc) is 1.94. The number of halogens is 1. The fraction of sp³-hybridized carbons (Fsp3) is 0.250. The van der Waals surface area contributed by atoms with E-state index in [0.717, 1.165) is 0 Å². The summed E-state index contributed by atoms with van der Waals surface area (Å²) in [4.78, 5) is 0. The molecule has 3 heteroatoms. The van der Waals surface area contributed by atoms with Gasteiger partial charge in [0.2, 0.25) is 0 Å². The molecule has 1 atom stereocenters. The molecule has 1 aromatic rings. The monoisotopic (exact) mass is 155 g/mol. The van der Waals surface area contributed by atoms with Crippen LogP contribution in [0.4, 0.5) is 10.1 Å². The second kappa shape index (κ2) is 2.88. The Morgan fingerprint density at radius 1 is 1.55 bits per heavy atom. The van der Waals surface area contributed by atoms with Crippen molar-refractivity contribution < 1.29 is 9.50 Å². The van der Waals surface area contributed by atoms with Gasteiger partial charge in [-0.05, 0) is 24.6 Å². The molecule has 0 bridgehead atoms. The van der Waals surface area contributed by atoms with Crippen LogP contribution in [-0.4, -0.2) is 5.11 Å². The minimum Gasteiger partial charge on any atom is -0.396 e. The number of rotatable bonds is 1. The summed E-state index contributed by atoms with van der Waals surface area (Å²) in [5.41, 5.74) is 5.88. The molecule has 0 saturated heterocycles. The molecule has 0 fully saturated rings. The highest BCUT2D eigenvalue weighted by molar-refractivity contribution is 5.41. The normalized spacial score (nSPS) is 13.0. The van der Waals surface area contributed by atoms with Gasteiger partial charge in [0.15, 0.2) is 0 Å². The van der Waals surface area contributed by atoms with Gasteiger partial charge >= 0.3 is 0 Å². The molecule has 0 radical (unpaired) electrons. The van der Waals surface area contributed by atoms with Crippen LogP contribution in [0.15, 0.2) is 18.2 Å². The Hall–Kier alpha value is -1.09. The van der Waals surface area contributed by atoms with Gasteiger partial charge in [-0.2, -0.15) is 0 Å². The van der Waals surface area contributed by atoms with E-state index in [1.54, 1.807) is 13.0 Å². The van der Waals surface area contributed by atoms with Crippen LogP contribution >= 0.6 is 0 Å². The van der Waals surface area contributed by atoms with E-state index in [9.17, 15) is 4.39 Å². The number of aliphatic hydroxyl groups is 1. The second-order valence-electron chi connectivity index (χ2n) is 2.46. The van der Waals surface area contributed by atoms with Gasteiger partial charge in [-0.15, -0.1) is 0 Å². The highest BCUT2D eigenvalue weighted by atomic mass is 19.1. The number of aliphatic hydroxyl groups excluding tert-OH is 1.